The molecule has 0 spiro atoms. The number of hydrogen-bond donors (Lipinski definition) is 1. The minimum atomic E-state index is -0.426. The number of hydrogen-bond acceptors (Lipinski definition) is 5. The highest BCUT2D eigenvalue weighted by molar-refractivity contribution is 5.23. The van der Waals surface area contributed by atoms with Crippen LogP contribution in [0.4, 0.5) is 4.39 Å². The standard InChI is InChI=1S/C10H10FN3O2/c11-7-3-1-2-4-8(7)15-6-9-13-10(5-12)16-14-9/h1-4H,5-6,12H2. The van der Waals surface area contributed by atoms with Gasteiger partial charge in [0.1, 0.15) is 0 Å². The molecule has 0 bridgehead atoms. The number of nitrogens with two attached hydrogens (primary N) is 1. The molecular weight excluding hydrogens is 213 g/mol. The van der Waals surface area contributed by atoms with Crippen LogP contribution < -0.4 is 10.5 Å². The molecule has 0 saturated carbocycles. The Bertz CT molecular complexity index is 473. The zero-order valence-corrected chi connectivity index (χ0v) is 8.39. The molecule has 0 unspecified atom stereocenters. The third-order valence-corrected chi connectivity index (χ3v) is 1.88. The molecule has 84 valence electrons. The molecule has 0 amide bonds. The van der Waals surface area contributed by atoms with Crippen LogP contribution in [0.5, 0.6) is 5.75 Å². The Morgan fingerprint density at radius 3 is 2.88 bits per heavy atom. The maximum atomic E-state index is 13.2. The third kappa shape index (κ3) is 2.34. The van der Waals surface area contributed by atoms with Gasteiger partial charge in [-0.25, -0.2) is 4.39 Å². The normalized spacial score (nSPS) is 10.4. The van der Waals surface area contributed by atoms with E-state index in [4.69, 9.17) is 15.0 Å². The molecule has 2 N–H and O–H groups in total. The molecule has 2 rings (SSSR count). The van der Waals surface area contributed by atoms with E-state index >= 15 is 0 Å². The highest BCUT2D eigenvalue weighted by Crippen LogP contribution is 2.16. The first-order valence-corrected chi connectivity index (χ1v) is 4.68. The van der Waals surface area contributed by atoms with Gasteiger partial charge in [0.05, 0.1) is 6.54 Å². The van der Waals surface area contributed by atoms with Crippen molar-refractivity contribution in [1.82, 2.24) is 10.1 Å². The SMILES string of the molecule is NCc1nc(COc2ccccc2F)no1. The lowest BCUT2D eigenvalue weighted by Crippen LogP contribution is -2.00. The maximum absolute atomic E-state index is 13.2. The number of halogens is 1. The summed E-state index contributed by atoms with van der Waals surface area (Å²) in [6.45, 7) is 0.219. The highest BCUT2D eigenvalue weighted by atomic mass is 19.1. The summed E-state index contributed by atoms with van der Waals surface area (Å²) < 4.78 is 23.1. The molecule has 1 aromatic carbocycles. The molecule has 5 nitrogen and oxygen atoms in total. The fraction of sp³-hybridized carbons (Fsp3) is 0.200. The van der Waals surface area contributed by atoms with Crippen molar-refractivity contribution in [1.29, 1.82) is 0 Å². The first kappa shape index (κ1) is 10.6. The molecule has 0 aliphatic heterocycles. The van der Waals surface area contributed by atoms with Gasteiger partial charge >= 0.3 is 0 Å². The summed E-state index contributed by atoms with van der Waals surface area (Å²) in [5, 5.41) is 3.62. The van der Waals surface area contributed by atoms with Crippen molar-refractivity contribution in [2.75, 3.05) is 0 Å². The summed E-state index contributed by atoms with van der Waals surface area (Å²) >= 11 is 0. The van der Waals surface area contributed by atoms with Gasteiger partial charge < -0.3 is 15.0 Å². The zero-order chi connectivity index (χ0) is 11.4. The number of benzene rings is 1. The van der Waals surface area contributed by atoms with Crippen LogP contribution in [-0.4, -0.2) is 10.1 Å². The second-order valence-corrected chi connectivity index (χ2v) is 3.03. The predicted molar refractivity (Wildman–Crippen MR) is 52.9 cm³/mol. The Morgan fingerprint density at radius 2 is 2.19 bits per heavy atom. The molecule has 0 saturated heterocycles. The van der Waals surface area contributed by atoms with Crippen molar-refractivity contribution < 1.29 is 13.7 Å². The Balaban J connectivity index is 1.99. The molecule has 2 aromatic rings. The van der Waals surface area contributed by atoms with E-state index in [2.05, 4.69) is 10.1 Å². The van der Waals surface area contributed by atoms with Crippen molar-refractivity contribution in [3.05, 3.63) is 41.8 Å². The summed E-state index contributed by atoms with van der Waals surface area (Å²) in [7, 11) is 0. The van der Waals surface area contributed by atoms with E-state index in [1.807, 2.05) is 0 Å². The smallest absolute Gasteiger partial charge is 0.240 e. The van der Waals surface area contributed by atoms with Crippen LogP contribution in [0.2, 0.25) is 0 Å². The topological polar surface area (TPSA) is 74.2 Å². The van der Waals surface area contributed by atoms with E-state index in [9.17, 15) is 4.39 Å². The predicted octanol–water partition coefficient (Wildman–Crippen LogP) is 1.25. The van der Waals surface area contributed by atoms with Crippen LogP contribution in [0.1, 0.15) is 11.7 Å². The van der Waals surface area contributed by atoms with Crippen LogP contribution in [0.25, 0.3) is 0 Å². The van der Waals surface area contributed by atoms with E-state index in [1.165, 1.54) is 12.1 Å². The van der Waals surface area contributed by atoms with Crippen LogP contribution in [-0.2, 0) is 13.2 Å². The van der Waals surface area contributed by atoms with Crippen molar-refractivity contribution in [2.45, 2.75) is 13.2 Å². The van der Waals surface area contributed by atoms with Gasteiger partial charge in [-0.3, -0.25) is 0 Å². The fourth-order valence-corrected chi connectivity index (χ4v) is 1.14. The summed E-state index contributed by atoms with van der Waals surface area (Å²) in [5.74, 6) is 0.391. The Morgan fingerprint density at radius 1 is 1.38 bits per heavy atom. The highest BCUT2D eigenvalue weighted by Gasteiger charge is 2.07. The lowest BCUT2D eigenvalue weighted by Gasteiger charge is -2.03. The van der Waals surface area contributed by atoms with Crippen LogP contribution in [0.15, 0.2) is 28.8 Å². The molecule has 0 fully saturated rings. The van der Waals surface area contributed by atoms with E-state index in [0.29, 0.717) is 11.7 Å². The molecule has 16 heavy (non-hydrogen) atoms. The molecule has 1 aromatic heterocycles. The molecule has 0 radical (unpaired) electrons. The molecule has 0 aliphatic carbocycles. The minimum absolute atomic E-state index is 0.0461. The molecule has 6 heteroatoms. The van der Waals surface area contributed by atoms with Gasteiger partial charge in [-0.2, -0.15) is 4.98 Å². The monoisotopic (exact) mass is 223 g/mol. The summed E-state index contributed by atoms with van der Waals surface area (Å²) in [6.07, 6.45) is 0. The number of ether oxygens (including phenoxy) is 1. The van der Waals surface area contributed by atoms with Gasteiger partial charge in [-0.15, -0.1) is 0 Å². The number of aromatic nitrogens is 2. The van der Waals surface area contributed by atoms with E-state index in [0.717, 1.165) is 0 Å². The van der Waals surface area contributed by atoms with Gasteiger partial charge in [0.15, 0.2) is 18.2 Å². The van der Waals surface area contributed by atoms with Gasteiger partial charge in [0.2, 0.25) is 11.7 Å². The first-order chi connectivity index (χ1) is 7.79. The minimum Gasteiger partial charge on any atom is -0.482 e. The average Bonchev–Trinajstić information content (AvgIpc) is 2.76. The third-order valence-electron chi connectivity index (χ3n) is 1.88. The average molecular weight is 223 g/mol. The van der Waals surface area contributed by atoms with Gasteiger partial charge in [0, 0.05) is 0 Å². The molecule has 0 aliphatic rings. The quantitative estimate of drug-likeness (QED) is 0.844. The van der Waals surface area contributed by atoms with Crippen LogP contribution >= 0.6 is 0 Å². The second kappa shape index (κ2) is 4.71. The molecular formula is C10H10FN3O2. The van der Waals surface area contributed by atoms with E-state index < -0.39 is 5.82 Å². The Labute approximate surface area is 91.0 Å². The van der Waals surface area contributed by atoms with Gasteiger partial charge in [0.25, 0.3) is 0 Å². The second-order valence-electron chi connectivity index (χ2n) is 3.03. The molecule has 1 heterocycles. The number of nitrogens with zero attached hydrogens (tertiary/aromatic N) is 2. The van der Waals surface area contributed by atoms with Gasteiger partial charge in [-0.1, -0.05) is 17.3 Å². The lowest BCUT2D eigenvalue weighted by atomic mass is 10.3. The van der Waals surface area contributed by atoms with E-state index in [1.54, 1.807) is 12.1 Å². The number of para-hydroxylation sites is 1. The number of rotatable bonds is 4. The van der Waals surface area contributed by atoms with E-state index in [-0.39, 0.29) is 18.9 Å². The van der Waals surface area contributed by atoms with Crippen molar-refractivity contribution in [3.63, 3.8) is 0 Å². The molecule has 0 atom stereocenters. The van der Waals surface area contributed by atoms with Crippen LogP contribution in [0, 0.1) is 5.82 Å². The Kier molecular flexibility index (Phi) is 3.11. The summed E-state index contributed by atoms with van der Waals surface area (Å²) in [5.41, 5.74) is 5.30. The van der Waals surface area contributed by atoms with Gasteiger partial charge in [-0.05, 0) is 12.1 Å². The van der Waals surface area contributed by atoms with Crippen molar-refractivity contribution in [2.24, 2.45) is 5.73 Å². The van der Waals surface area contributed by atoms with Crippen LogP contribution in [0.3, 0.4) is 0 Å². The lowest BCUT2D eigenvalue weighted by molar-refractivity contribution is 0.272. The summed E-state index contributed by atoms with van der Waals surface area (Å²) in [4.78, 5) is 3.92. The van der Waals surface area contributed by atoms with Crippen molar-refractivity contribution >= 4 is 0 Å². The Hall–Kier alpha value is -1.95. The maximum Gasteiger partial charge on any atom is 0.240 e. The zero-order valence-electron chi connectivity index (χ0n) is 8.39. The van der Waals surface area contributed by atoms with Crippen molar-refractivity contribution in [3.8, 4) is 5.75 Å². The first-order valence-electron chi connectivity index (χ1n) is 4.68. The fourth-order valence-electron chi connectivity index (χ4n) is 1.14. The largest absolute Gasteiger partial charge is 0.482 e. The summed E-state index contributed by atoms with van der Waals surface area (Å²) in [6, 6.07) is 6.11.